The van der Waals surface area contributed by atoms with Gasteiger partial charge in [0.25, 0.3) is 0 Å². The number of rotatable bonds is 15. The molecule has 0 bridgehead atoms. The Labute approximate surface area is 280 Å². The molecular formula is C40H50P2Pt. The molecule has 43 heavy (non-hydrogen) atoms. The minimum Gasteiger partial charge on any atom is -0.343 e. The van der Waals surface area contributed by atoms with E-state index < -0.39 is 0 Å². The quantitative estimate of drug-likeness (QED) is 0.0487. The van der Waals surface area contributed by atoms with E-state index in [1.54, 1.807) is 0 Å². The predicted molar refractivity (Wildman–Crippen MR) is 196 cm³/mol. The van der Waals surface area contributed by atoms with E-state index >= 15 is 0 Å². The number of allylic oxidation sites excluding steroid dienone is 2. The molecule has 0 fully saturated rings. The second-order valence-electron chi connectivity index (χ2n) is 9.92. The van der Waals surface area contributed by atoms with Gasteiger partial charge in [-0.3, -0.25) is 0 Å². The Morgan fingerprint density at radius 3 is 0.907 bits per heavy atom. The molecule has 0 amide bonds. The fraction of sp³-hybridized carbons (Fsp3) is 0.250. The monoisotopic (exact) mass is 787 g/mol. The van der Waals surface area contributed by atoms with E-state index in [1.807, 2.05) is 12.2 Å². The average Bonchev–Trinajstić information content (AvgIpc) is 3.06. The molecule has 0 radical (unpaired) electrons. The van der Waals surface area contributed by atoms with Gasteiger partial charge >= 0.3 is 21.1 Å². The van der Waals surface area contributed by atoms with Gasteiger partial charge in [0, 0.05) is 0 Å². The normalized spacial score (nSPS) is 10.0. The molecular weight excluding hydrogens is 737 g/mol. The summed E-state index contributed by atoms with van der Waals surface area (Å²) in [6, 6.07) is 44.2. The SMILES string of the molecule is C=CCCCC[CH2-].C=CCCCC[CH2-].[Pt+2].c1ccc(P(CCP(c2ccccc2)c2ccccc2)c2ccccc2)cc1. The number of unbranched alkanes of at least 4 members (excludes halogenated alkanes) is 6. The van der Waals surface area contributed by atoms with E-state index in [1.165, 1.54) is 59.2 Å². The molecule has 0 aromatic heterocycles. The fourth-order valence-electron chi connectivity index (χ4n) is 4.38. The van der Waals surface area contributed by atoms with Gasteiger partial charge in [0.15, 0.2) is 0 Å². The van der Waals surface area contributed by atoms with Crippen molar-refractivity contribution in [3.63, 3.8) is 0 Å². The van der Waals surface area contributed by atoms with Gasteiger partial charge in [0.05, 0.1) is 0 Å². The Kier molecular flexibility index (Phi) is 23.8. The van der Waals surface area contributed by atoms with Crippen molar-refractivity contribution < 1.29 is 21.1 Å². The second-order valence-corrected chi connectivity index (χ2v) is 14.6. The minimum atomic E-state index is -0.348. The van der Waals surface area contributed by atoms with Crippen LogP contribution in [-0.4, -0.2) is 12.3 Å². The topological polar surface area (TPSA) is 0 Å². The van der Waals surface area contributed by atoms with Gasteiger partial charge in [0.2, 0.25) is 0 Å². The third-order valence-corrected chi connectivity index (χ3v) is 12.0. The van der Waals surface area contributed by atoms with Gasteiger partial charge in [-0.15, -0.1) is 13.2 Å². The predicted octanol–water partition coefficient (Wildman–Crippen LogP) is 10.4. The van der Waals surface area contributed by atoms with Gasteiger partial charge < -0.3 is 13.8 Å². The number of hydrogen-bond acceptors (Lipinski definition) is 0. The van der Waals surface area contributed by atoms with Gasteiger partial charge in [-0.05, 0) is 62.2 Å². The van der Waals surface area contributed by atoms with Crippen LogP contribution in [0.2, 0.25) is 0 Å². The van der Waals surface area contributed by atoms with Crippen molar-refractivity contribution in [1.82, 2.24) is 0 Å². The molecule has 4 aromatic carbocycles. The molecule has 0 aliphatic rings. The van der Waals surface area contributed by atoms with Gasteiger partial charge in [-0.1, -0.05) is 159 Å². The fourth-order valence-corrected chi connectivity index (χ4v) is 9.73. The van der Waals surface area contributed by atoms with Crippen molar-refractivity contribution in [3.8, 4) is 0 Å². The van der Waals surface area contributed by atoms with E-state index in [2.05, 4.69) is 148 Å². The van der Waals surface area contributed by atoms with Crippen LogP contribution in [0.5, 0.6) is 0 Å². The van der Waals surface area contributed by atoms with Crippen LogP contribution < -0.4 is 21.2 Å². The Balaban J connectivity index is 0.000000516. The van der Waals surface area contributed by atoms with Crippen molar-refractivity contribution in [2.45, 2.75) is 51.4 Å². The van der Waals surface area contributed by atoms with E-state index in [-0.39, 0.29) is 36.9 Å². The summed E-state index contributed by atoms with van der Waals surface area (Å²) in [5, 5.41) is 5.89. The van der Waals surface area contributed by atoms with E-state index in [4.69, 9.17) is 0 Å². The molecule has 3 heteroatoms. The first kappa shape index (κ1) is 38.9. The first-order valence-corrected chi connectivity index (χ1v) is 18.4. The molecule has 0 saturated carbocycles. The first-order valence-electron chi connectivity index (χ1n) is 15.3. The molecule has 0 unspecified atom stereocenters. The summed E-state index contributed by atoms with van der Waals surface area (Å²) in [6.45, 7) is 14.7. The summed E-state index contributed by atoms with van der Waals surface area (Å²) in [6.07, 6.45) is 15.7. The van der Waals surface area contributed by atoms with Crippen LogP contribution in [0.3, 0.4) is 0 Å². The van der Waals surface area contributed by atoms with Crippen molar-refractivity contribution >= 4 is 37.1 Å². The van der Waals surface area contributed by atoms with Crippen LogP contribution in [-0.2, 0) is 21.1 Å². The third-order valence-electron chi connectivity index (χ3n) is 6.64. The molecule has 0 heterocycles. The maximum absolute atomic E-state index is 3.72. The molecule has 0 nitrogen and oxygen atoms in total. The zero-order valence-corrected chi connectivity index (χ0v) is 29.9. The average molecular weight is 788 g/mol. The van der Waals surface area contributed by atoms with Crippen LogP contribution >= 0.6 is 15.8 Å². The molecule has 4 aromatic rings. The molecule has 0 aliphatic carbocycles. The largest absolute Gasteiger partial charge is 2.00 e. The molecule has 0 saturated heterocycles. The van der Waals surface area contributed by atoms with Crippen molar-refractivity contribution in [2.75, 3.05) is 12.3 Å². The zero-order valence-electron chi connectivity index (χ0n) is 25.8. The maximum Gasteiger partial charge on any atom is 2.00 e. The third kappa shape index (κ3) is 16.5. The zero-order chi connectivity index (χ0) is 30.1. The van der Waals surface area contributed by atoms with Crippen LogP contribution in [0, 0.1) is 13.8 Å². The molecule has 0 spiro atoms. The van der Waals surface area contributed by atoms with E-state index in [9.17, 15) is 0 Å². The minimum absolute atomic E-state index is 0. The maximum atomic E-state index is 3.72. The standard InChI is InChI=1S/C26H24P2.2C7H13.Pt/c1-5-13-23(14-6-1)27(24-15-7-2-8-16-24)21-22-28(25-17-9-3-10-18-25)26-19-11-4-12-20-26;2*1-3-5-7-6-4-2;/h1-20H,21-22H2;2*3H,1-2,4-7H2;/q;2*-1;+2. The number of hydrogen-bond donors (Lipinski definition) is 0. The van der Waals surface area contributed by atoms with Crippen molar-refractivity contribution in [1.29, 1.82) is 0 Å². The Morgan fingerprint density at radius 2 is 0.698 bits per heavy atom. The van der Waals surface area contributed by atoms with Crippen molar-refractivity contribution in [2.24, 2.45) is 0 Å². The molecule has 230 valence electrons. The van der Waals surface area contributed by atoms with Crippen LogP contribution in [0.25, 0.3) is 0 Å². The Morgan fingerprint density at radius 1 is 0.442 bits per heavy atom. The molecule has 4 rings (SSSR count). The van der Waals surface area contributed by atoms with E-state index in [0.29, 0.717) is 0 Å². The summed E-state index contributed by atoms with van der Waals surface area (Å²) in [5.41, 5.74) is 0. The molecule has 0 atom stereocenters. The van der Waals surface area contributed by atoms with Crippen molar-refractivity contribution in [3.05, 3.63) is 160 Å². The van der Waals surface area contributed by atoms with E-state index in [0.717, 1.165) is 25.7 Å². The summed E-state index contributed by atoms with van der Waals surface area (Å²) >= 11 is 0. The summed E-state index contributed by atoms with van der Waals surface area (Å²) in [4.78, 5) is 0. The second kappa shape index (κ2) is 26.3. The van der Waals surface area contributed by atoms with Crippen LogP contribution in [0.1, 0.15) is 51.4 Å². The summed E-state index contributed by atoms with van der Waals surface area (Å²) in [5.74, 6) is 0. The van der Waals surface area contributed by atoms with Gasteiger partial charge in [-0.25, -0.2) is 0 Å². The Hall–Kier alpha value is -2.09. The molecule has 0 N–H and O–H groups in total. The van der Waals surface area contributed by atoms with Gasteiger partial charge in [0.1, 0.15) is 0 Å². The smallest absolute Gasteiger partial charge is 0.343 e. The van der Waals surface area contributed by atoms with Gasteiger partial charge in [-0.2, -0.15) is 12.8 Å². The molecule has 0 aliphatic heterocycles. The number of benzene rings is 4. The Bertz CT molecular complexity index is 1000. The summed E-state index contributed by atoms with van der Waals surface area (Å²) in [7, 11) is -0.696. The van der Waals surface area contributed by atoms with Crippen LogP contribution in [0.4, 0.5) is 0 Å². The summed E-state index contributed by atoms with van der Waals surface area (Å²) < 4.78 is 0. The first-order chi connectivity index (χ1) is 20.7. The van der Waals surface area contributed by atoms with Crippen LogP contribution in [0.15, 0.2) is 147 Å².